The van der Waals surface area contributed by atoms with Gasteiger partial charge in [0.2, 0.25) is 5.91 Å². The number of carbonyl (C=O) groups is 1. The van der Waals surface area contributed by atoms with E-state index in [0.717, 1.165) is 27.9 Å². The third-order valence-corrected chi connectivity index (χ3v) is 4.07. The maximum absolute atomic E-state index is 11.5. The molecule has 2 aromatic carbocycles. The lowest BCUT2D eigenvalue weighted by Gasteiger charge is -2.12. The van der Waals surface area contributed by atoms with Crippen molar-refractivity contribution < 1.29 is 4.79 Å². The minimum atomic E-state index is -0.376. The summed E-state index contributed by atoms with van der Waals surface area (Å²) in [5.74, 6) is 0.225. The number of aromatic amines is 1. The first-order valence-corrected chi connectivity index (χ1v) is 7.95. The van der Waals surface area contributed by atoms with Gasteiger partial charge < -0.3 is 10.3 Å². The van der Waals surface area contributed by atoms with Crippen LogP contribution in [-0.2, 0) is 11.2 Å². The summed E-state index contributed by atoms with van der Waals surface area (Å²) in [6.45, 7) is 0. The van der Waals surface area contributed by atoms with Crippen molar-refractivity contribution in [2.45, 2.75) is 6.42 Å². The maximum Gasteiger partial charge on any atom is 0.221 e. The Morgan fingerprint density at radius 1 is 1.12 bits per heavy atom. The van der Waals surface area contributed by atoms with E-state index in [9.17, 15) is 4.79 Å². The zero-order valence-corrected chi connectivity index (χ0v) is 13.7. The Kier molecular flexibility index (Phi) is 3.98. The van der Waals surface area contributed by atoms with Crippen LogP contribution in [0.5, 0.6) is 0 Å². The molecule has 2 heterocycles. The molecule has 4 aromatic rings. The van der Waals surface area contributed by atoms with Crippen molar-refractivity contribution in [2.75, 3.05) is 0 Å². The van der Waals surface area contributed by atoms with E-state index in [1.807, 2.05) is 53.2 Å². The van der Waals surface area contributed by atoms with Gasteiger partial charge in [-0.1, -0.05) is 30.3 Å². The first kappa shape index (κ1) is 15.7. The van der Waals surface area contributed by atoms with E-state index in [0.29, 0.717) is 5.82 Å². The fourth-order valence-corrected chi connectivity index (χ4v) is 2.86. The monoisotopic (exact) mass is 345 g/mol. The van der Waals surface area contributed by atoms with Crippen molar-refractivity contribution >= 4 is 5.91 Å². The van der Waals surface area contributed by atoms with Gasteiger partial charge in [-0.05, 0) is 39.2 Å². The minimum absolute atomic E-state index is 0.158. The predicted octanol–water partition coefficient (Wildman–Crippen LogP) is 1.75. The second-order valence-corrected chi connectivity index (χ2v) is 5.78. The van der Waals surface area contributed by atoms with E-state index < -0.39 is 0 Å². The number of carbonyl (C=O) groups excluding carboxylic acids is 1. The van der Waals surface area contributed by atoms with Gasteiger partial charge in [-0.2, -0.15) is 0 Å². The predicted molar refractivity (Wildman–Crippen MR) is 95.1 cm³/mol. The second-order valence-electron chi connectivity index (χ2n) is 5.78. The van der Waals surface area contributed by atoms with Crippen LogP contribution in [0, 0.1) is 0 Å². The lowest BCUT2D eigenvalue weighted by molar-refractivity contribution is -0.117. The van der Waals surface area contributed by atoms with Crippen LogP contribution in [0.3, 0.4) is 0 Å². The average Bonchev–Trinajstić information content (AvgIpc) is 3.35. The molecule has 128 valence electrons. The molecule has 0 fully saturated rings. The molecule has 0 unspecified atom stereocenters. The number of nitrogens with one attached hydrogen (secondary N) is 1. The molecule has 0 atom stereocenters. The minimum Gasteiger partial charge on any atom is -0.369 e. The quantitative estimate of drug-likeness (QED) is 0.572. The van der Waals surface area contributed by atoms with Gasteiger partial charge in [-0.3, -0.25) is 4.79 Å². The number of nitrogens with two attached hydrogens (primary N) is 1. The lowest BCUT2D eigenvalue weighted by atomic mass is 9.96. The standard InChI is InChI=1S/C18H15N7O/c19-17(26)10-14-9-15(25-8-7-20-11-25)5-6-16(14)12-1-3-13(4-2-12)18-21-23-24-22-18/h1-9,11H,10H2,(H2,19,26)(H,21,22,23,24). The van der Waals surface area contributed by atoms with E-state index >= 15 is 0 Å². The highest BCUT2D eigenvalue weighted by Gasteiger charge is 2.11. The normalized spacial score (nSPS) is 10.8. The summed E-state index contributed by atoms with van der Waals surface area (Å²) in [6, 6.07) is 13.7. The van der Waals surface area contributed by atoms with Crippen LogP contribution >= 0.6 is 0 Å². The first-order chi connectivity index (χ1) is 12.7. The molecule has 0 radical (unpaired) electrons. The van der Waals surface area contributed by atoms with Crippen molar-refractivity contribution in [1.82, 2.24) is 30.2 Å². The number of tetrazole rings is 1. The SMILES string of the molecule is NC(=O)Cc1cc(-n2ccnc2)ccc1-c1ccc(-c2nnn[nH]2)cc1. The summed E-state index contributed by atoms with van der Waals surface area (Å²) in [4.78, 5) is 15.6. The Labute approximate surface area is 148 Å². The Bertz CT molecular complexity index is 1020. The Morgan fingerprint density at radius 3 is 2.58 bits per heavy atom. The third kappa shape index (κ3) is 3.07. The number of hydrogen-bond donors (Lipinski definition) is 2. The van der Waals surface area contributed by atoms with E-state index in [1.165, 1.54) is 0 Å². The van der Waals surface area contributed by atoms with Gasteiger partial charge in [-0.15, -0.1) is 5.10 Å². The molecular formula is C18H15N7O. The van der Waals surface area contributed by atoms with Gasteiger partial charge in [-0.25, -0.2) is 10.1 Å². The van der Waals surface area contributed by atoms with Gasteiger partial charge in [0, 0.05) is 23.6 Å². The van der Waals surface area contributed by atoms with E-state index in [2.05, 4.69) is 25.6 Å². The maximum atomic E-state index is 11.5. The molecule has 3 N–H and O–H groups in total. The van der Waals surface area contributed by atoms with Crippen LogP contribution in [0.4, 0.5) is 0 Å². The molecule has 0 saturated carbocycles. The largest absolute Gasteiger partial charge is 0.369 e. The highest BCUT2D eigenvalue weighted by molar-refractivity contribution is 5.81. The third-order valence-electron chi connectivity index (χ3n) is 4.07. The highest BCUT2D eigenvalue weighted by Crippen LogP contribution is 2.28. The Balaban J connectivity index is 1.74. The summed E-state index contributed by atoms with van der Waals surface area (Å²) in [6.07, 6.45) is 5.43. The zero-order valence-electron chi connectivity index (χ0n) is 13.7. The van der Waals surface area contributed by atoms with Crippen molar-refractivity contribution in [3.05, 3.63) is 66.7 Å². The molecule has 8 nitrogen and oxygen atoms in total. The number of rotatable bonds is 5. The lowest BCUT2D eigenvalue weighted by Crippen LogP contribution is -2.14. The molecule has 4 rings (SSSR count). The number of H-pyrrole nitrogens is 1. The molecule has 2 aromatic heterocycles. The van der Waals surface area contributed by atoms with Gasteiger partial charge >= 0.3 is 0 Å². The van der Waals surface area contributed by atoms with Crippen molar-refractivity contribution in [3.8, 4) is 28.2 Å². The molecule has 8 heteroatoms. The van der Waals surface area contributed by atoms with Crippen molar-refractivity contribution in [1.29, 1.82) is 0 Å². The average molecular weight is 345 g/mol. The number of imidazole rings is 1. The van der Waals surface area contributed by atoms with Gasteiger partial charge in [0.15, 0.2) is 5.82 Å². The molecule has 0 spiro atoms. The fraction of sp³-hybridized carbons (Fsp3) is 0.0556. The Morgan fingerprint density at radius 2 is 1.92 bits per heavy atom. The number of aromatic nitrogens is 6. The Hall–Kier alpha value is -3.81. The summed E-state index contributed by atoms with van der Waals surface area (Å²) < 4.78 is 1.88. The molecule has 0 aliphatic rings. The number of primary amides is 1. The van der Waals surface area contributed by atoms with Crippen LogP contribution in [0.1, 0.15) is 5.56 Å². The summed E-state index contributed by atoms with van der Waals surface area (Å²) in [5, 5.41) is 13.8. The number of nitrogens with zero attached hydrogens (tertiary/aromatic N) is 5. The number of benzene rings is 2. The zero-order chi connectivity index (χ0) is 17.9. The van der Waals surface area contributed by atoms with E-state index in [-0.39, 0.29) is 12.3 Å². The molecule has 26 heavy (non-hydrogen) atoms. The second kappa shape index (κ2) is 6.60. The van der Waals surface area contributed by atoms with Gasteiger partial charge in [0.1, 0.15) is 0 Å². The fourth-order valence-electron chi connectivity index (χ4n) is 2.86. The topological polar surface area (TPSA) is 115 Å². The highest BCUT2D eigenvalue weighted by atomic mass is 16.1. The smallest absolute Gasteiger partial charge is 0.221 e. The summed E-state index contributed by atoms with van der Waals surface area (Å²) >= 11 is 0. The molecule has 0 aliphatic carbocycles. The van der Waals surface area contributed by atoms with Crippen molar-refractivity contribution in [2.24, 2.45) is 5.73 Å². The van der Waals surface area contributed by atoms with Crippen LogP contribution in [0.25, 0.3) is 28.2 Å². The molecule has 1 amide bonds. The number of amides is 1. The van der Waals surface area contributed by atoms with Crippen LogP contribution < -0.4 is 5.73 Å². The molecule has 0 aliphatic heterocycles. The van der Waals surface area contributed by atoms with E-state index in [1.54, 1.807) is 12.5 Å². The van der Waals surface area contributed by atoms with Crippen LogP contribution in [0.15, 0.2) is 61.2 Å². The van der Waals surface area contributed by atoms with Gasteiger partial charge in [0.05, 0.1) is 12.7 Å². The van der Waals surface area contributed by atoms with Crippen LogP contribution in [0.2, 0.25) is 0 Å². The summed E-state index contributed by atoms with van der Waals surface area (Å²) in [7, 11) is 0. The molecule has 0 saturated heterocycles. The van der Waals surface area contributed by atoms with Gasteiger partial charge in [0.25, 0.3) is 0 Å². The molecular weight excluding hydrogens is 330 g/mol. The first-order valence-electron chi connectivity index (χ1n) is 7.95. The van der Waals surface area contributed by atoms with Crippen molar-refractivity contribution in [3.63, 3.8) is 0 Å². The van der Waals surface area contributed by atoms with Crippen LogP contribution in [-0.4, -0.2) is 36.1 Å². The summed E-state index contributed by atoms with van der Waals surface area (Å²) in [5.41, 5.74) is 10.0. The molecule has 0 bridgehead atoms. The number of hydrogen-bond acceptors (Lipinski definition) is 5. The van der Waals surface area contributed by atoms with E-state index in [4.69, 9.17) is 5.73 Å².